The van der Waals surface area contributed by atoms with Crippen LogP contribution < -0.4 is 4.74 Å². The molecule has 1 aromatic heterocycles. The van der Waals surface area contributed by atoms with E-state index in [2.05, 4.69) is 27.6 Å². The van der Waals surface area contributed by atoms with Gasteiger partial charge in [0.1, 0.15) is 12.4 Å². The highest BCUT2D eigenvalue weighted by Crippen LogP contribution is 2.20. The zero-order valence-electron chi connectivity index (χ0n) is 14.1. The van der Waals surface area contributed by atoms with Crippen LogP contribution in [0.1, 0.15) is 17.0 Å². The Bertz CT molecular complexity index is 708. The molecule has 0 aliphatic carbocycles. The van der Waals surface area contributed by atoms with Crippen molar-refractivity contribution in [2.45, 2.75) is 32.2 Å². The highest BCUT2D eigenvalue weighted by molar-refractivity contribution is 7.99. The molecule has 0 bridgehead atoms. The molecule has 0 aliphatic rings. The second-order valence-electron chi connectivity index (χ2n) is 5.27. The molecule has 6 nitrogen and oxygen atoms in total. The number of hydrogen-bond donors (Lipinski definition) is 0. The molecule has 0 aliphatic heterocycles. The SMILES string of the molecule is C=CCn1c(COc2cc(C)cc(C)c2)nnc1SCC(=O)OC. The van der Waals surface area contributed by atoms with Gasteiger partial charge in [0.25, 0.3) is 0 Å². The average molecular weight is 347 g/mol. The van der Waals surface area contributed by atoms with Crippen LogP contribution in [-0.2, 0) is 22.7 Å². The lowest BCUT2D eigenvalue weighted by molar-refractivity contribution is -0.137. The molecule has 128 valence electrons. The quantitative estimate of drug-likeness (QED) is 0.415. The summed E-state index contributed by atoms with van der Waals surface area (Å²) in [7, 11) is 1.36. The molecule has 0 N–H and O–H groups in total. The Balaban J connectivity index is 2.10. The average Bonchev–Trinajstić information content (AvgIpc) is 2.92. The molecule has 0 radical (unpaired) electrons. The Morgan fingerprint density at radius 3 is 2.62 bits per heavy atom. The first-order chi connectivity index (χ1) is 11.5. The van der Waals surface area contributed by atoms with E-state index >= 15 is 0 Å². The lowest BCUT2D eigenvalue weighted by Crippen LogP contribution is -2.09. The maximum absolute atomic E-state index is 11.3. The molecule has 2 aromatic rings. The topological polar surface area (TPSA) is 66.2 Å². The van der Waals surface area contributed by atoms with Gasteiger partial charge in [0.2, 0.25) is 0 Å². The Morgan fingerprint density at radius 2 is 2.00 bits per heavy atom. The van der Waals surface area contributed by atoms with Crippen LogP contribution in [0.4, 0.5) is 0 Å². The number of carbonyl (C=O) groups is 1. The van der Waals surface area contributed by atoms with Crippen LogP contribution in [0.5, 0.6) is 5.75 Å². The first-order valence-corrected chi connectivity index (χ1v) is 8.45. The van der Waals surface area contributed by atoms with Crippen molar-refractivity contribution in [3.8, 4) is 5.75 Å². The zero-order valence-corrected chi connectivity index (χ0v) is 14.9. The second-order valence-corrected chi connectivity index (χ2v) is 6.22. The number of aryl methyl sites for hydroxylation is 2. The molecule has 24 heavy (non-hydrogen) atoms. The zero-order chi connectivity index (χ0) is 17.5. The molecule has 0 fully saturated rings. The number of methoxy groups -OCH3 is 1. The van der Waals surface area contributed by atoms with Crippen LogP contribution in [0.15, 0.2) is 36.0 Å². The minimum atomic E-state index is -0.304. The highest BCUT2D eigenvalue weighted by Gasteiger charge is 2.14. The van der Waals surface area contributed by atoms with Crippen LogP contribution in [-0.4, -0.2) is 33.6 Å². The molecule has 0 atom stereocenters. The summed E-state index contributed by atoms with van der Waals surface area (Å²) in [5.74, 6) is 1.36. The van der Waals surface area contributed by atoms with E-state index in [1.807, 2.05) is 30.5 Å². The fourth-order valence-electron chi connectivity index (χ4n) is 2.19. The summed E-state index contributed by atoms with van der Waals surface area (Å²) in [6.07, 6.45) is 1.76. The lowest BCUT2D eigenvalue weighted by Gasteiger charge is -2.10. The van der Waals surface area contributed by atoms with Crippen molar-refractivity contribution >= 4 is 17.7 Å². The van der Waals surface area contributed by atoms with Crippen LogP contribution in [0.25, 0.3) is 0 Å². The fourth-order valence-corrected chi connectivity index (χ4v) is 2.99. The van der Waals surface area contributed by atoms with Crippen molar-refractivity contribution in [2.75, 3.05) is 12.9 Å². The number of carbonyl (C=O) groups excluding carboxylic acids is 1. The van der Waals surface area contributed by atoms with E-state index in [1.54, 1.807) is 6.08 Å². The molecule has 0 amide bonds. The molecule has 0 saturated carbocycles. The maximum atomic E-state index is 11.3. The van der Waals surface area contributed by atoms with Gasteiger partial charge >= 0.3 is 5.97 Å². The number of ether oxygens (including phenoxy) is 2. The van der Waals surface area contributed by atoms with Crippen LogP contribution in [0, 0.1) is 13.8 Å². The van der Waals surface area contributed by atoms with Crippen LogP contribution in [0.2, 0.25) is 0 Å². The molecule has 0 unspecified atom stereocenters. The van der Waals surface area contributed by atoms with Gasteiger partial charge in [0.05, 0.1) is 12.9 Å². The molecule has 1 aromatic carbocycles. The summed E-state index contributed by atoms with van der Waals surface area (Å²) in [5, 5.41) is 8.93. The van der Waals surface area contributed by atoms with E-state index in [1.165, 1.54) is 18.9 Å². The molecule has 1 heterocycles. The Labute approximate surface area is 145 Å². The molecular formula is C17H21N3O3S. The van der Waals surface area contributed by atoms with E-state index in [-0.39, 0.29) is 11.7 Å². The van der Waals surface area contributed by atoms with Crippen LogP contribution in [0.3, 0.4) is 0 Å². The fraction of sp³-hybridized carbons (Fsp3) is 0.353. The third kappa shape index (κ3) is 4.86. The third-order valence-corrected chi connectivity index (χ3v) is 4.16. The number of hydrogen-bond acceptors (Lipinski definition) is 6. The smallest absolute Gasteiger partial charge is 0.316 e. The number of thioether (sulfide) groups is 1. The van der Waals surface area contributed by atoms with Crippen LogP contribution >= 0.6 is 11.8 Å². The van der Waals surface area contributed by atoms with Crippen molar-refractivity contribution in [1.29, 1.82) is 0 Å². The minimum Gasteiger partial charge on any atom is -0.486 e. The summed E-state index contributed by atoms with van der Waals surface area (Å²) in [6, 6.07) is 6.05. The van der Waals surface area contributed by atoms with Gasteiger partial charge in [-0.1, -0.05) is 23.9 Å². The van der Waals surface area contributed by atoms with Gasteiger partial charge in [-0.05, 0) is 37.1 Å². The lowest BCUT2D eigenvalue weighted by atomic mass is 10.1. The Kier molecular flexibility index (Phi) is 6.43. The second kappa shape index (κ2) is 8.54. The van der Waals surface area contributed by atoms with E-state index in [0.29, 0.717) is 24.1 Å². The maximum Gasteiger partial charge on any atom is 0.316 e. The first kappa shape index (κ1) is 18.1. The largest absolute Gasteiger partial charge is 0.486 e. The summed E-state index contributed by atoms with van der Waals surface area (Å²) in [6.45, 7) is 8.65. The van der Waals surface area contributed by atoms with Gasteiger partial charge in [-0.25, -0.2) is 0 Å². The van der Waals surface area contributed by atoms with Crippen molar-refractivity contribution in [2.24, 2.45) is 0 Å². The predicted octanol–water partition coefficient (Wildman–Crippen LogP) is 2.93. The van der Waals surface area contributed by atoms with Gasteiger partial charge in [-0.2, -0.15) is 0 Å². The Hall–Kier alpha value is -2.28. The van der Waals surface area contributed by atoms with Crippen molar-refractivity contribution in [1.82, 2.24) is 14.8 Å². The normalized spacial score (nSPS) is 10.5. The van der Waals surface area contributed by atoms with E-state index in [0.717, 1.165) is 16.9 Å². The van der Waals surface area contributed by atoms with E-state index < -0.39 is 0 Å². The summed E-state index contributed by atoms with van der Waals surface area (Å²) < 4.78 is 12.4. The van der Waals surface area contributed by atoms with Gasteiger partial charge in [-0.15, -0.1) is 16.8 Å². The number of aromatic nitrogens is 3. The number of esters is 1. The number of rotatable bonds is 8. The molecule has 0 spiro atoms. The standard InChI is InChI=1S/C17H21N3O3S/c1-5-6-20-15(18-19-17(20)24-11-16(21)22-4)10-23-14-8-12(2)7-13(3)9-14/h5,7-9H,1,6,10-11H2,2-4H3. The number of benzene rings is 1. The minimum absolute atomic E-state index is 0.184. The number of nitrogens with zero attached hydrogens (tertiary/aromatic N) is 3. The van der Waals surface area contributed by atoms with Crippen molar-refractivity contribution < 1.29 is 14.3 Å². The Morgan fingerprint density at radius 1 is 1.29 bits per heavy atom. The molecule has 0 saturated heterocycles. The summed E-state index contributed by atoms with van der Waals surface area (Å²) in [4.78, 5) is 11.3. The monoisotopic (exact) mass is 347 g/mol. The van der Waals surface area contributed by atoms with Gasteiger partial charge in [0.15, 0.2) is 11.0 Å². The van der Waals surface area contributed by atoms with E-state index in [9.17, 15) is 4.79 Å². The molecule has 7 heteroatoms. The van der Waals surface area contributed by atoms with Gasteiger partial charge in [0, 0.05) is 6.54 Å². The number of allylic oxidation sites excluding steroid dienone is 1. The first-order valence-electron chi connectivity index (χ1n) is 7.47. The van der Waals surface area contributed by atoms with Gasteiger partial charge < -0.3 is 9.47 Å². The predicted molar refractivity (Wildman–Crippen MR) is 93.2 cm³/mol. The van der Waals surface area contributed by atoms with Gasteiger partial charge in [-0.3, -0.25) is 9.36 Å². The van der Waals surface area contributed by atoms with Crippen molar-refractivity contribution in [3.05, 3.63) is 47.8 Å². The third-order valence-electron chi connectivity index (χ3n) is 3.22. The van der Waals surface area contributed by atoms with Crippen molar-refractivity contribution in [3.63, 3.8) is 0 Å². The highest BCUT2D eigenvalue weighted by atomic mass is 32.2. The molecule has 2 rings (SSSR count). The molecular weight excluding hydrogens is 326 g/mol. The summed E-state index contributed by atoms with van der Waals surface area (Å²) >= 11 is 1.28. The summed E-state index contributed by atoms with van der Waals surface area (Å²) in [5.41, 5.74) is 2.29. The van der Waals surface area contributed by atoms with E-state index in [4.69, 9.17) is 4.74 Å².